The zero-order valence-electron chi connectivity index (χ0n) is 39.1. The highest BCUT2D eigenvalue weighted by molar-refractivity contribution is 7.90. The minimum atomic E-state index is -4.72. The maximum absolute atomic E-state index is 17.0. The Morgan fingerprint density at radius 2 is 0.513 bits per heavy atom. The maximum atomic E-state index is 17.0. The molecule has 0 saturated carbocycles. The van der Waals surface area contributed by atoms with Gasteiger partial charge in [-0.15, -0.1) is 0 Å². The summed E-state index contributed by atoms with van der Waals surface area (Å²) in [6, 6.07) is 9.09. The first-order valence-corrected chi connectivity index (χ1v) is 27.6. The number of nitrogens with zero attached hydrogens (tertiary/aromatic N) is 2. The molecule has 3 aromatic heterocycles. The van der Waals surface area contributed by atoms with Gasteiger partial charge in [0.05, 0.1) is 45.0 Å². The average molecular weight is 1130 g/mol. The molecule has 7 aromatic rings. The number of hydrogen-bond donors (Lipinski definition) is 6. The van der Waals surface area contributed by atoms with Gasteiger partial charge in [0, 0.05) is 44.3 Å². The molecule has 0 fully saturated rings. The van der Waals surface area contributed by atoms with Crippen LogP contribution in [0.4, 0.5) is 35.1 Å². The summed E-state index contributed by atoms with van der Waals surface area (Å²) in [6.07, 6.45) is 4.19. The first-order valence-electron chi connectivity index (χ1n) is 21.7. The Morgan fingerprint density at radius 3 is 0.697 bits per heavy atom. The van der Waals surface area contributed by atoms with Crippen molar-refractivity contribution >= 4 is 86.5 Å². The lowest BCUT2D eigenvalue weighted by atomic mass is 10.0. The molecule has 6 N–H and O–H groups in total. The van der Waals surface area contributed by atoms with E-state index in [0.717, 1.165) is 76.8 Å². The number of sulfonamides is 4. The van der Waals surface area contributed by atoms with Crippen molar-refractivity contribution in [2.75, 3.05) is 28.2 Å². The Kier molecular flexibility index (Phi) is 13.6. The van der Waals surface area contributed by atoms with Crippen molar-refractivity contribution in [3.05, 3.63) is 142 Å². The third-order valence-electron chi connectivity index (χ3n) is 12.2. The summed E-state index contributed by atoms with van der Waals surface area (Å²) in [4.78, 5) is 10.2. The number of hydrogen-bond acceptors (Lipinski definition) is 10. The predicted molar refractivity (Wildman–Crippen MR) is 265 cm³/mol. The van der Waals surface area contributed by atoms with Crippen LogP contribution in [0.15, 0.2) is 92.4 Å². The smallest absolute Gasteiger partial charge is 0.243 e. The number of fused-ring (bicyclic) bond motifs is 8. The fourth-order valence-corrected chi connectivity index (χ4v) is 11.8. The zero-order chi connectivity index (χ0) is 55.1. The summed E-state index contributed by atoms with van der Waals surface area (Å²) in [5.74, 6) is -12.6. The molecule has 8 bridgehead atoms. The second-order valence-corrected chi connectivity index (χ2v) is 23.7. The molecular weight excluding hydrogens is 1100 g/mol. The Morgan fingerprint density at radius 1 is 0.316 bits per heavy atom. The summed E-state index contributed by atoms with van der Waals surface area (Å²) in [6.45, 7) is 0. The van der Waals surface area contributed by atoms with Crippen LogP contribution in [0.3, 0.4) is 0 Å². The first-order chi connectivity index (χ1) is 35.8. The van der Waals surface area contributed by atoms with Crippen LogP contribution in [0.25, 0.3) is 90.9 Å². The average Bonchev–Trinajstić information content (AvgIpc) is 4.26. The number of benzene rings is 4. The standard InChI is InChI=1S/C48H34F8N8O8S4/c1-57-73(65,66)33-17-5-21(49)37(45(33)53)41-25-9-11-27(61-25)42(38-22(50)6-18-34(46(38)54)74(67,68)58-2)29-13-15-31(63-29)44(40-24(52)8-20-36(48(40)56)76(71,72)60-4)32-16-14-30(64-32)43(28-12-10-26(41)62-28)39-23(51)7-19-35(47(39)55)75(69,70)59-3/h5-20,57-61,64H,1-4H3. The minimum Gasteiger partial charge on any atom is -0.354 e. The van der Waals surface area contributed by atoms with Gasteiger partial charge >= 0.3 is 0 Å². The molecular formula is C48H34F8N8O8S4. The van der Waals surface area contributed by atoms with Gasteiger partial charge in [-0.3, -0.25) is 0 Å². The fraction of sp³-hybridized carbons (Fsp3) is 0.0833. The zero-order valence-corrected chi connectivity index (χ0v) is 42.3. The fourth-order valence-electron chi connectivity index (χ4n) is 8.58. The van der Waals surface area contributed by atoms with Crippen molar-refractivity contribution in [3.63, 3.8) is 0 Å². The maximum Gasteiger partial charge on any atom is 0.243 e. The van der Waals surface area contributed by atoms with E-state index in [1.807, 2.05) is 18.9 Å². The lowest BCUT2D eigenvalue weighted by molar-refractivity contribution is 0.548. The van der Waals surface area contributed by atoms with Crippen LogP contribution in [0.5, 0.6) is 0 Å². The molecule has 394 valence electrons. The first kappa shape index (κ1) is 53.4. The number of halogens is 8. The highest BCUT2D eigenvalue weighted by Crippen LogP contribution is 2.44. The number of nitrogens with one attached hydrogen (secondary N) is 6. The van der Waals surface area contributed by atoms with Gasteiger partial charge in [-0.1, -0.05) is 0 Å². The van der Waals surface area contributed by atoms with Gasteiger partial charge in [0.2, 0.25) is 40.1 Å². The highest BCUT2D eigenvalue weighted by atomic mass is 32.2. The topological polar surface area (TPSA) is 242 Å². The van der Waals surface area contributed by atoms with Crippen molar-refractivity contribution in [2.45, 2.75) is 19.6 Å². The molecule has 5 heterocycles. The van der Waals surface area contributed by atoms with Gasteiger partial charge in [-0.2, -0.15) is 0 Å². The molecule has 0 radical (unpaired) electrons. The van der Waals surface area contributed by atoms with Gasteiger partial charge in [0.15, 0.2) is 23.3 Å². The van der Waals surface area contributed by atoms with E-state index in [2.05, 4.69) is 19.9 Å². The van der Waals surface area contributed by atoms with Crippen LogP contribution < -0.4 is 18.9 Å². The largest absolute Gasteiger partial charge is 0.354 e. The number of H-pyrrole nitrogens is 2. The molecule has 2 aliphatic rings. The molecule has 0 aliphatic carbocycles. The van der Waals surface area contributed by atoms with Gasteiger partial charge in [0.25, 0.3) is 0 Å². The van der Waals surface area contributed by atoms with Crippen molar-refractivity contribution in [2.24, 2.45) is 0 Å². The SMILES string of the molecule is CNS(=O)(=O)c1ccc(F)c(-c2c3nc(c(-c4c(F)ccc(S(=O)(=O)NC)c4F)c4ccc([nH]4)c(-c4c(F)ccc(S(=O)(=O)NC)c4F)c4nc(c(-c5c(F)ccc(S(=O)(=O)NC)c5F)c5ccc2[nH]5)C=C4)C=C3)c1F. The summed E-state index contributed by atoms with van der Waals surface area (Å²) >= 11 is 0. The van der Waals surface area contributed by atoms with Crippen LogP contribution in [0, 0.1) is 46.5 Å². The number of aromatic nitrogens is 4. The van der Waals surface area contributed by atoms with Crippen LogP contribution in [0.2, 0.25) is 0 Å². The third-order valence-corrected chi connectivity index (χ3v) is 17.9. The molecule has 0 spiro atoms. The third kappa shape index (κ3) is 8.78. The summed E-state index contributed by atoms with van der Waals surface area (Å²) in [5, 5.41) is 0. The van der Waals surface area contributed by atoms with Crippen LogP contribution in [0.1, 0.15) is 22.8 Å². The van der Waals surface area contributed by atoms with E-state index in [0.29, 0.717) is 48.5 Å². The Balaban J connectivity index is 1.59. The predicted octanol–water partition coefficient (Wildman–Crippen LogP) is 8.07. The van der Waals surface area contributed by atoms with E-state index in [-0.39, 0.29) is 0 Å². The van der Waals surface area contributed by atoms with Crippen LogP contribution >= 0.6 is 0 Å². The second-order valence-electron chi connectivity index (χ2n) is 16.3. The van der Waals surface area contributed by atoms with Crippen LogP contribution in [-0.2, 0) is 40.1 Å². The van der Waals surface area contributed by atoms with Crippen LogP contribution in [-0.4, -0.2) is 81.8 Å². The summed E-state index contributed by atoms with van der Waals surface area (Å²) in [5.41, 5.74) is -10.9. The number of aromatic amines is 2. The Labute approximate surface area is 426 Å². The Bertz CT molecular complexity index is 3870. The van der Waals surface area contributed by atoms with E-state index < -0.39 is 196 Å². The normalized spacial score (nSPS) is 13.0. The lowest BCUT2D eigenvalue weighted by Crippen LogP contribution is -2.20. The highest BCUT2D eigenvalue weighted by Gasteiger charge is 2.33. The van der Waals surface area contributed by atoms with Crippen molar-refractivity contribution < 1.29 is 68.8 Å². The van der Waals surface area contributed by atoms with E-state index in [1.165, 1.54) is 0 Å². The summed E-state index contributed by atoms with van der Waals surface area (Å²) in [7, 11) is -15.1. The monoisotopic (exact) mass is 1130 g/mol. The van der Waals surface area contributed by atoms with E-state index in [1.54, 1.807) is 0 Å². The van der Waals surface area contributed by atoms with Crippen molar-refractivity contribution in [1.29, 1.82) is 0 Å². The van der Waals surface area contributed by atoms with Gasteiger partial charge < -0.3 is 9.97 Å². The van der Waals surface area contributed by atoms with Crippen molar-refractivity contribution in [1.82, 2.24) is 38.8 Å². The Hall–Kier alpha value is -7.44. The quantitative estimate of drug-likeness (QED) is 0.0643. The lowest BCUT2D eigenvalue weighted by Gasteiger charge is -2.13. The minimum absolute atomic E-state index is 0.435. The summed E-state index contributed by atoms with van der Waals surface area (Å²) < 4.78 is 247. The molecule has 9 rings (SSSR count). The molecule has 16 nitrogen and oxygen atoms in total. The van der Waals surface area contributed by atoms with Gasteiger partial charge in [0.1, 0.15) is 42.9 Å². The molecule has 0 saturated heterocycles. The van der Waals surface area contributed by atoms with Gasteiger partial charge in [-0.05, 0) is 125 Å². The number of rotatable bonds is 12. The molecule has 2 aliphatic heterocycles. The van der Waals surface area contributed by atoms with E-state index in [9.17, 15) is 33.7 Å². The molecule has 28 heteroatoms. The molecule has 0 unspecified atom stereocenters. The van der Waals surface area contributed by atoms with E-state index in [4.69, 9.17) is 0 Å². The molecule has 4 aromatic carbocycles. The van der Waals surface area contributed by atoms with E-state index >= 15 is 35.1 Å². The second kappa shape index (κ2) is 19.3. The molecule has 0 atom stereocenters. The van der Waals surface area contributed by atoms with Gasteiger partial charge in [-0.25, -0.2) is 97.7 Å². The molecule has 0 amide bonds. The molecule has 76 heavy (non-hydrogen) atoms. The van der Waals surface area contributed by atoms with Crippen molar-refractivity contribution in [3.8, 4) is 44.5 Å².